The van der Waals surface area contributed by atoms with E-state index < -0.39 is 0 Å². The van der Waals surface area contributed by atoms with Crippen LogP contribution in [-0.2, 0) is 18.5 Å². The van der Waals surface area contributed by atoms with E-state index in [9.17, 15) is 4.79 Å². The van der Waals surface area contributed by atoms with Crippen molar-refractivity contribution in [2.24, 2.45) is 0 Å². The molecule has 2 N–H and O–H groups in total. The number of nitrogens with one attached hydrogen (secondary N) is 2. The van der Waals surface area contributed by atoms with Crippen molar-refractivity contribution in [3.8, 4) is 0 Å². The molecule has 4 heteroatoms. The second-order valence-electron chi connectivity index (χ2n) is 5.97. The number of fused-ring (bicyclic) bond motifs is 1. The van der Waals surface area contributed by atoms with Gasteiger partial charge in [-0.15, -0.1) is 0 Å². The van der Waals surface area contributed by atoms with Gasteiger partial charge in [-0.05, 0) is 49.4 Å². The molecular formula is C18H21N3O. The molecule has 1 aliphatic rings. The van der Waals surface area contributed by atoms with Crippen LogP contribution in [0.15, 0.2) is 48.7 Å². The third-order valence-electron chi connectivity index (χ3n) is 4.28. The predicted molar refractivity (Wildman–Crippen MR) is 86.3 cm³/mol. The van der Waals surface area contributed by atoms with Crippen LogP contribution >= 0.6 is 0 Å². The lowest BCUT2D eigenvalue weighted by Crippen LogP contribution is -2.49. The molecular weight excluding hydrogens is 274 g/mol. The summed E-state index contributed by atoms with van der Waals surface area (Å²) >= 11 is 0. The van der Waals surface area contributed by atoms with Crippen molar-refractivity contribution >= 4 is 6.03 Å². The van der Waals surface area contributed by atoms with E-state index in [1.165, 1.54) is 11.1 Å². The van der Waals surface area contributed by atoms with Crippen LogP contribution in [0.1, 0.15) is 36.6 Å². The third kappa shape index (κ3) is 3.11. The number of hydrogen-bond donors (Lipinski definition) is 2. The molecule has 1 aromatic carbocycles. The van der Waals surface area contributed by atoms with Crippen molar-refractivity contribution < 1.29 is 4.79 Å². The monoisotopic (exact) mass is 295 g/mol. The highest BCUT2D eigenvalue weighted by Gasteiger charge is 2.33. The number of nitrogens with zero attached hydrogens (tertiary/aromatic N) is 1. The molecule has 0 aliphatic heterocycles. The predicted octanol–water partition coefficient (Wildman–Crippen LogP) is 3.13. The summed E-state index contributed by atoms with van der Waals surface area (Å²) in [6.45, 7) is 2.54. The molecule has 0 bridgehead atoms. The number of carbonyl (C=O) groups excluding carboxylic acids is 1. The van der Waals surface area contributed by atoms with E-state index in [1.807, 2.05) is 24.3 Å². The Morgan fingerprint density at radius 3 is 2.86 bits per heavy atom. The van der Waals surface area contributed by atoms with E-state index in [0.717, 1.165) is 25.0 Å². The van der Waals surface area contributed by atoms with E-state index in [2.05, 4.69) is 40.7 Å². The normalized spacial score (nSPS) is 20.0. The highest BCUT2D eigenvalue weighted by atomic mass is 16.2. The van der Waals surface area contributed by atoms with Crippen LogP contribution in [0.5, 0.6) is 0 Å². The van der Waals surface area contributed by atoms with Gasteiger partial charge >= 0.3 is 6.03 Å². The first kappa shape index (κ1) is 14.6. The van der Waals surface area contributed by atoms with Gasteiger partial charge in [0.2, 0.25) is 0 Å². The van der Waals surface area contributed by atoms with Crippen LogP contribution < -0.4 is 10.6 Å². The Labute approximate surface area is 131 Å². The molecule has 0 spiro atoms. The molecule has 0 unspecified atom stereocenters. The molecule has 0 saturated carbocycles. The molecule has 2 aromatic rings. The molecule has 1 aliphatic carbocycles. The number of benzene rings is 1. The highest BCUT2D eigenvalue weighted by Crippen LogP contribution is 2.34. The molecule has 1 aromatic heterocycles. The van der Waals surface area contributed by atoms with Gasteiger partial charge in [-0.1, -0.05) is 30.3 Å². The Bertz CT molecular complexity index is 656. The van der Waals surface area contributed by atoms with Crippen LogP contribution in [0.25, 0.3) is 0 Å². The molecule has 0 saturated heterocycles. The van der Waals surface area contributed by atoms with E-state index in [0.29, 0.717) is 6.54 Å². The standard InChI is InChI=1S/C18H21N3O/c1-18(11-6-8-14-7-2-3-10-16(14)18)21-17(22)20-13-15-9-4-5-12-19-15/h2-5,7,9-10,12H,6,8,11,13H2,1H3,(H2,20,21,22)/t18-/m0/s1. The molecule has 2 amide bonds. The Kier molecular flexibility index (Phi) is 4.09. The fourth-order valence-corrected chi connectivity index (χ4v) is 3.14. The van der Waals surface area contributed by atoms with Crippen molar-refractivity contribution in [1.29, 1.82) is 0 Å². The lowest BCUT2D eigenvalue weighted by molar-refractivity contribution is 0.221. The summed E-state index contributed by atoms with van der Waals surface area (Å²) in [5.41, 5.74) is 3.12. The molecule has 1 heterocycles. The minimum absolute atomic E-state index is 0.148. The summed E-state index contributed by atoms with van der Waals surface area (Å²) in [5.74, 6) is 0. The molecule has 22 heavy (non-hydrogen) atoms. The van der Waals surface area contributed by atoms with Gasteiger partial charge in [0, 0.05) is 6.20 Å². The van der Waals surface area contributed by atoms with Gasteiger partial charge in [-0.3, -0.25) is 4.98 Å². The van der Waals surface area contributed by atoms with Gasteiger partial charge in [0.15, 0.2) is 0 Å². The third-order valence-corrected chi connectivity index (χ3v) is 4.28. The first-order chi connectivity index (χ1) is 10.7. The number of amides is 2. The summed E-state index contributed by atoms with van der Waals surface area (Å²) in [7, 11) is 0. The van der Waals surface area contributed by atoms with Gasteiger partial charge in [0.25, 0.3) is 0 Å². The molecule has 1 atom stereocenters. The number of urea groups is 1. The van der Waals surface area contributed by atoms with E-state index in [4.69, 9.17) is 0 Å². The first-order valence-corrected chi connectivity index (χ1v) is 7.72. The van der Waals surface area contributed by atoms with Crippen LogP contribution in [0.4, 0.5) is 4.79 Å². The zero-order valence-corrected chi connectivity index (χ0v) is 12.8. The minimum atomic E-state index is -0.303. The van der Waals surface area contributed by atoms with Crippen molar-refractivity contribution in [3.63, 3.8) is 0 Å². The molecule has 0 radical (unpaired) electrons. The second-order valence-corrected chi connectivity index (χ2v) is 5.97. The van der Waals surface area contributed by atoms with Gasteiger partial charge in [-0.2, -0.15) is 0 Å². The van der Waals surface area contributed by atoms with Crippen molar-refractivity contribution in [1.82, 2.24) is 15.6 Å². The molecule has 3 rings (SSSR count). The lowest BCUT2D eigenvalue weighted by atomic mass is 9.78. The van der Waals surface area contributed by atoms with E-state index >= 15 is 0 Å². The van der Waals surface area contributed by atoms with Crippen molar-refractivity contribution in [3.05, 3.63) is 65.5 Å². The van der Waals surface area contributed by atoms with Crippen LogP contribution in [0.3, 0.4) is 0 Å². The zero-order valence-electron chi connectivity index (χ0n) is 12.8. The summed E-state index contributed by atoms with van der Waals surface area (Å²) in [6.07, 6.45) is 4.87. The summed E-state index contributed by atoms with van der Waals surface area (Å²) in [4.78, 5) is 16.5. The van der Waals surface area contributed by atoms with Crippen LogP contribution in [0, 0.1) is 0 Å². The first-order valence-electron chi connectivity index (χ1n) is 7.72. The van der Waals surface area contributed by atoms with Crippen LogP contribution in [-0.4, -0.2) is 11.0 Å². The van der Waals surface area contributed by atoms with Crippen molar-refractivity contribution in [2.45, 2.75) is 38.3 Å². The largest absolute Gasteiger partial charge is 0.332 e. The van der Waals surface area contributed by atoms with Gasteiger partial charge in [-0.25, -0.2) is 4.79 Å². The number of rotatable bonds is 3. The van der Waals surface area contributed by atoms with Crippen molar-refractivity contribution in [2.75, 3.05) is 0 Å². The number of aryl methyl sites for hydroxylation is 1. The molecule has 114 valence electrons. The van der Waals surface area contributed by atoms with Gasteiger partial charge in [0.1, 0.15) is 0 Å². The fraction of sp³-hybridized carbons (Fsp3) is 0.333. The Hall–Kier alpha value is -2.36. The molecule has 0 fully saturated rings. The lowest BCUT2D eigenvalue weighted by Gasteiger charge is -2.36. The number of hydrogen-bond acceptors (Lipinski definition) is 2. The van der Waals surface area contributed by atoms with E-state index in [1.54, 1.807) is 6.20 Å². The quantitative estimate of drug-likeness (QED) is 0.914. The number of carbonyl (C=O) groups is 1. The maximum Gasteiger partial charge on any atom is 0.315 e. The second kappa shape index (κ2) is 6.18. The maximum atomic E-state index is 12.2. The molecule has 4 nitrogen and oxygen atoms in total. The van der Waals surface area contributed by atoms with Gasteiger partial charge < -0.3 is 10.6 Å². The number of pyridine rings is 1. The summed E-state index contributed by atoms with van der Waals surface area (Å²) in [6, 6.07) is 13.9. The fourth-order valence-electron chi connectivity index (χ4n) is 3.14. The Morgan fingerprint density at radius 1 is 1.23 bits per heavy atom. The Balaban J connectivity index is 1.66. The topological polar surface area (TPSA) is 54.0 Å². The smallest absolute Gasteiger partial charge is 0.315 e. The summed E-state index contributed by atoms with van der Waals surface area (Å²) in [5, 5.41) is 6.03. The number of aromatic nitrogens is 1. The highest BCUT2D eigenvalue weighted by molar-refractivity contribution is 5.75. The van der Waals surface area contributed by atoms with E-state index in [-0.39, 0.29) is 11.6 Å². The SMILES string of the molecule is C[C@]1(NC(=O)NCc2ccccn2)CCCc2ccccc21. The minimum Gasteiger partial charge on any atom is -0.332 e. The maximum absolute atomic E-state index is 12.2. The summed E-state index contributed by atoms with van der Waals surface area (Å²) < 4.78 is 0. The van der Waals surface area contributed by atoms with Crippen LogP contribution in [0.2, 0.25) is 0 Å². The average Bonchev–Trinajstić information content (AvgIpc) is 2.54. The zero-order chi connectivity index (χ0) is 15.4. The average molecular weight is 295 g/mol. The van der Waals surface area contributed by atoms with Gasteiger partial charge in [0.05, 0.1) is 17.8 Å². The Morgan fingerprint density at radius 2 is 2.05 bits per heavy atom.